The maximum Gasteiger partial charge on any atom is 0.252 e. The van der Waals surface area contributed by atoms with Crippen LogP contribution in [0.4, 0.5) is 0 Å². The van der Waals surface area contributed by atoms with Crippen molar-refractivity contribution in [3.05, 3.63) is 89.5 Å². The molecule has 4 rings (SSSR count). The number of H-pyrrole nitrogens is 1. The zero-order valence-electron chi connectivity index (χ0n) is 17.4. The van der Waals surface area contributed by atoms with Crippen LogP contribution in [0.3, 0.4) is 0 Å². The van der Waals surface area contributed by atoms with E-state index in [9.17, 15) is 4.79 Å². The van der Waals surface area contributed by atoms with Crippen molar-refractivity contribution in [2.45, 2.75) is 19.4 Å². The number of fused-ring (bicyclic) bond motifs is 1. The topological polar surface area (TPSA) is 76.2 Å². The van der Waals surface area contributed by atoms with Gasteiger partial charge in [-0.1, -0.05) is 43.0 Å². The lowest BCUT2D eigenvalue weighted by Crippen LogP contribution is -2.31. The third-order valence-corrected chi connectivity index (χ3v) is 5.03. The molecule has 0 bridgehead atoms. The summed E-state index contributed by atoms with van der Waals surface area (Å²) in [6.45, 7) is 6.78. The van der Waals surface area contributed by atoms with E-state index in [1.165, 1.54) is 0 Å². The Kier molecular flexibility index (Phi) is 6.17. The van der Waals surface area contributed by atoms with Gasteiger partial charge in [0.15, 0.2) is 11.5 Å². The van der Waals surface area contributed by atoms with Gasteiger partial charge in [0, 0.05) is 5.56 Å². The van der Waals surface area contributed by atoms with Gasteiger partial charge < -0.3 is 19.8 Å². The number of benzene rings is 2. The molecule has 0 fully saturated rings. The average molecular weight is 415 g/mol. The molecule has 6 heteroatoms. The van der Waals surface area contributed by atoms with Crippen molar-refractivity contribution in [2.75, 3.05) is 13.2 Å². The normalized spacial score (nSPS) is 13.7. The van der Waals surface area contributed by atoms with Crippen molar-refractivity contribution in [1.82, 2.24) is 15.3 Å². The van der Waals surface area contributed by atoms with E-state index in [0.29, 0.717) is 42.5 Å². The molecular weight excluding hydrogens is 390 g/mol. The van der Waals surface area contributed by atoms with E-state index in [1.54, 1.807) is 24.3 Å². The Morgan fingerprint density at radius 2 is 1.97 bits per heavy atom. The summed E-state index contributed by atoms with van der Waals surface area (Å²) in [5.41, 5.74) is 3.21. The third kappa shape index (κ3) is 4.69. The molecular formula is C25H25N3O3. The quantitative estimate of drug-likeness (QED) is 0.593. The number of amides is 1. The van der Waals surface area contributed by atoms with E-state index in [0.717, 1.165) is 17.0 Å². The van der Waals surface area contributed by atoms with Crippen LogP contribution in [-0.4, -0.2) is 29.1 Å². The van der Waals surface area contributed by atoms with Crippen molar-refractivity contribution >= 4 is 18.1 Å². The van der Waals surface area contributed by atoms with E-state index in [4.69, 9.17) is 9.47 Å². The summed E-state index contributed by atoms with van der Waals surface area (Å²) in [5.74, 6) is 1.71. The predicted molar refractivity (Wildman–Crippen MR) is 121 cm³/mol. The Morgan fingerprint density at radius 1 is 1.19 bits per heavy atom. The molecule has 2 heterocycles. The summed E-state index contributed by atoms with van der Waals surface area (Å²) in [4.78, 5) is 21.1. The van der Waals surface area contributed by atoms with Crippen LogP contribution in [0, 0.1) is 0 Å². The largest absolute Gasteiger partial charge is 0.486 e. The molecule has 31 heavy (non-hydrogen) atoms. The second-order valence-corrected chi connectivity index (χ2v) is 7.20. The molecule has 0 saturated heterocycles. The smallest absolute Gasteiger partial charge is 0.252 e. The van der Waals surface area contributed by atoms with Gasteiger partial charge in [0.25, 0.3) is 5.91 Å². The lowest BCUT2D eigenvalue weighted by molar-refractivity contribution is 0.0933. The molecule has 0 aliphatic carbocycles. The zero-order valence-corrected chi connectivity index (χ0v) is 17.4. The Labute approximate surface area is 181 Å². The number of nitrogens with zero attached hydrogens (tertiary/aromatic N) is 1. The minimum atomic E-state index is -0.346. The van der Waals surface area contributed by atoms with Gasteiger partial charge >= 0.3 is 0 Å². The van der Waals surface area contributed by atoms with Crippen LogP contribution in [0.2, 0.25) is 0 Å². The highest BCUT2D eigenvalue weighted by atomic mass is 16.6. The second-order valence-electron chi connectivity index (χ2n) is 7.20. The number of ether oxygens (including phenoxy) is 2. The minimum absolute atomic E-state index is 0.206. The van der Waals surface area contributed by atoms with Gasteiger partial charge in [0.2, 0.25) is 0 Å². The zero-order chi connectivity index (χ0) is 21.6. The second kappa shape index (κ2) is 9.34. The van der Waals surface area contributed by atoms with Crippen LogP contribution in [0.25, 0.3) is 12.2 Å². The Hall–Kier alpha value is -3.80. The fourth-order valence-electron chi connectivity index (χ4n) is 3.53. The lowest BCUT2D eigenvalue weighted by Gasteiger charge is -2.20. The van der Waals surface area contributed by atoms with E-state index < -0.39 is 0 Å². The van der Waals surface area contributed by atoms with Crippen LogP contribution >= 0.6 is 0 Å². The average Bonchev–Trinajstić information content (AvgIpc) is 3.22. The first-order chi connectivity index (χ1) is 15.2. The highest BCUT2D eigenvalue weighted by Gasteiger charge is 2.22. The number of hydrogen-bond donors (Lipinski definition) is 2. The van der Waals surface area contributed by atoms with Crippen LogP contribution in [0.1, 0.15) is 46.1 Å². The van der Waals surface area contributed by atoms with E-state index in [1.807, 2.05) is 49.4 Å². The number of allylic oxidation sites excluding steroid dienone is 1. The van der Waals surface area contributed by atoms with Crippen LogP contribution < -0.4 is 14.8 Å². The molecule has 2 aromatic carbocycles. The van der Waals surface area contributed by atoms with Gasteiger partial charge in [-0.25, -0.2) is 4.98 Å². The molecule has 1 aromatic heterocycles. The van der Waals surface area contributed by atoms with Crippen molar-refractivity contribution in [3.8, 4) is 11.5 Å². The number of imidazole rings is 1. The molecule has 1 aliphatic heterocycles. The standard InChI is InChI=1S/C25H25N3O3/c1-3-8-20-19(4-2)26-24(27-20)21(15-17-9-6-5-7-10-17)28-25(29)18-11-12-22-23(16-18)31-14-13-30-22/h3-12,16,21H,2,13-15H2,1H3,(H,26,27)(H,28,29)/b8-3-. The van der Waals surface area contributed by atoms with Crippen molar-refractivity contribution in [1.29, 1.82) is 0 Å². The van der Waals surface area contributed by atoms with Gasteiger partial charge in [-0.3, -0.25) is 4.79 Å². The number of carbonyl (C=O) groups is 1. The first-order valence-electron chi connectivity index (χ1n) is 10.3. The molecule has 0 radical (unpaired) electrons. The SMILES string of the molecule is C=Cc1nc(C(Cc2ccccc2)NC(=O)c2ccc3c(c2)OCCO3)[nH]c1/C=C\C. The molecule has 3 aromatic rings. The molecule has 2 N–H and O–H groups in total. The highest BCUT2D eigenvalue weighted by molar-refractivity contribution is 5.95. The van der Waals surface area contributed by atoms with E-state index in [2.05, 4.69) is 21.9 Å². The Morgan fingerprint density at radius 3 is 2.71 bits per heavy atom. The fourth-order valence-corrected chi connectivity index (χ4v) is 3.53. The van der Waals surface area contributed by atoms with E-state index in [-0.39, 0.29) is 11.9 Å². The van der Waals surface area contributed by atoms with Gasteiger partial charge in [0.1, 0.15) is 19.0 Å². The van der Waals surface area contributed by atoms with Crippen molar-refractivity contribution in [3.63, 3.8) is 0 Å². The first-order valence-corrected chi connectivity index (χ1v) is 10.3. The highest BCUT2D eigenvalue weighted by Crippen LogP contribution is 2.31. The summed E-state index contributed by atoms with van der Waals surface area (Å²) in [7, 11) is 0. The summed E-state index contributed by atoms with van der Waals surface area (Å²) in [6, 6.07) is 14.9. The van der Waals surface area contributed by atoms with Crippen molar-refractivity contribution in [2.24, 2.45) is 0 Å². The summed E-state index contributed by atoms with van der Waals surface area (Å²) < 4.78 is 11.2. The predicted octanol–water partition coefficient (Wildman–Crippen LogP) is 4.57. The molecule has 1 atom stereocenters. The summed E-state index contributed by atoms with van der Waals surface area (Å²) in [5, 5.41) is 3.12. The summed E-state index contributed by atoms with van der Waals surface area (Å²) >= 11 is 0. The molecule has 158 valence electrons. The molecule has 1 unspecified atom stereocenters. The number of hydrogen-bond acceptors (Lipinski definition) is 4. The van der Waals surface area contributed by atoms with Gasteiger partial charge in [-0.2, -0.15) is 0 Å². The van der Waals surface area contributed by atoms with Crippen LogP contribution in [-0.2, 0) is 6.42 Å². The molecule has 0 spiro atoms. The number of carbonyl (C=O) groups excluding carboxylic acids is 1. The maximum atomic E-state index is 13.1. The Bertz CT molecular complexity index is 1100. The van der Waals surface area contributed by atoms with Gasteiger partial charge in [-0.15, -0.1) is 0 Å². The monoisotopic (exact) mass is 415 g/mol. The fraction of sp³-hybridized carbons (Fsp3) is 0.200. The maximum absolute atomic E-state index is 13.1. The van der Waals surface area contributed by atoms with Gasteiger partial charge in [0.05, 0.1) is 17.4 Å². The van der Waals surface area contributed by atoms with Crippen molar-refractivity contribution < 1.29 is 14.3 Å². The van der Waals surface area contributed by atoms with Crippen LogP contribution in [0.5, 0.6) is 11.5 Å². The van der Waals surface area contributed by atoms with E-state index >= 15 is 0 Å². The minimum Gasteiger partial charge on any atom is -0.486 e. The van der Waals surface area contributed by atoms with Crippen LogP contribution in [0.15, 0.2) is 61.2 Å². The number of nitrogens with one attached hydrogen (secondary N) is 2. The first kappa shape index (κ1) is 20.5. The number of rotatable bonds is 7. The number of aromatic nitrogens is 2. The summed E-state index contributed by atoms with van der Waals surface area (Å²) in [6.07, 6.45) is 6.17. The Balaban J connectivity index is 1.63. The molecule has 1 amide bonds. The van der Waals surface area contributed by atoms with Gasteiger partial charge in [-0.05, 0) is 49.3 Å². The number of aromatic amines is 1. The molecule has 1 aliphatic rings. The molecule has 6 nitrogen and oxygen atoms in total. The third-order valence-electron chi connectivity index (χ3n) is 5.03. The molecule has 0 saturated carbocycles. The lowest BCUT2D eigenvalue weighted by atomic mass is 10.0.